The fourth-order valence-electron chi connectivity index (χ4n) is 2.49. The topological polar surface area (TPSA) is 53.3 Å². The van der Waals surface area contributed by atoms with E-state index in [0.29, 0.717) is 11.6 Å². The number of aromatic nitrogens is 2. The van der Waals surface area contributed by atoms with Crippen LogP contribution in [0.4, 0.5) is 0 Å². The Balaban J connectivity index is 2.01. The molecule has 0 bridgehead atoms. The van der Waals surface area contributed by atoms with Crippen molar-refractivity contribution in [2.24, 2.45) is 5.92 Å². The largest absolute Gasteiger partial charge is 0.464 e. The molecule has 0 amide bonds. The Kier molecular flexibility index (Phi) is 3.21. The lowest BCUT2D eigenvalue weighted by Gasteiger charge is -2.08. The van der Waals surface area contributed by atoms with Gasteiger partial charge < -0.3 is 9.47 Å². The van der Waals surface area contributed by atoms with Crippen LogP contribution in [0.5, 0.6) is 0 Å². The molecule has 0 saturated carbocycles. The number of rotatable bonds is 3. The highest BCUT2D eigenvalue weighted by atomic mass is 16.5. The fourth-order valence-corrected chi connectivity index (χ4v) is 2.49. The molecule has 2 heterocycles. The molecule has 2 aromatic rings. The molecule has 1 aliphatic rings. The van der Waals surface area contributed by atoms with Crippen LogP contribution in [-0.4, -0.2) is 36.1 Å². The standard InChI is InChI=1S/C14H16N2O3/c1-18-14(17)13-11-4-2-3-5-12(11)16(15-13)8-10-6-7-19-9-10/h2-5,10H,6-9H2,1H3. The zero-order chi connectivity index (χ0) is 13.2. The van der Waals surface area contributed by atoms with Gasteiger partial charge in [0.05, 0.1) is 19.2 Å². The van der Waals surface area contributed by atoms with Gasteiger partial charge in [0.2, 0.25) is 0 Å². The summed E-state index contributed by atoms with van der Waals surface area (Å²) in [5.41, 5.74) is 1.35. The predicted molar refractivity (Wildman–Crippen MR) is 70.0 cm³/mol. The molecule has 19 heavy (non-hydrogen) atoms. The summed E-state index contributed by atoms with van der Waals surface area (Å²) in [6.45, 7) is 2.35. The molecule has 0 N–H and O–H groups in total. The van der Waals surface area contributed by atoms with Crippen molar-refractivity contribution in [3.8, 4) is 0 Å². The number of carbonyl (C=O) groups is 1. The number of esters is 1. The van der Waals surface area contributed by atoms with Crippen LogP contribution in [0.25, 0.3) is 10.9 Å². The molecule has 1 saturated heterocycles. The Morgan fingerprint density at radius 1 is 1.53 bits per heavy atom. The van der Waals surface area contributed by atoms with Crippen molar-refractivity contribution in [1.29, 1.82) is 0 Å². The molecule has 100 valence electrons. The lowest BCUT2D eigenvalue weighted by molar-refractivity contribution is 0.0595. The summed E-state index contributed by atoms with van der Waals surface area (Å²) < 4.78 is 12.1. The summed E-state index contributed by atoms with van der Waals surface area (Å²) in [4.78, 5) is 11.8. The van der Waals surface area contributed by atoms with Crippen LogP contribution < -0.4 is 0 Å². The van der Waals surface area contributed by atoms with E-state index in [1.54, 1.807) is 0 Å². The molecule has 3 rings (SSSR count). The summed E-state index contributed by atoms with van der Waals surface area (Å²) in [6.07, 6.45) is 1.04. The van der Waals surface area contributed by atoms with Crippen LogP contribution in [0, 0.1) is 5.92 Å². The van der Waals surface area contributed by atoms with E-state index in [4.69, 9.17) is 9.47 Å². The first-order valence-electron chi connectivity index (χ1n) is 6.41. The van der Waals surface area contributed by atoms with E-state index in [0.717, 1.165) is 37.1 Å². The number of methoxy groups -OCH3 is 1. The number of para-hydroxylation sites is 1. The first-order chi connectivity index (χ1) is 9.29. The SMILES string of the molecule is COC(=O)c1nn(CC2CCOC2)c2ccccc12. The van der Waals surface area contributed by atoms with E-state index in [2.05, 4.69) is 5.10 Å². The number of carbonyl (C=O) groups excluding carboxylic acids is 1. The molecule has 1 aliphatic heterocycles. The highest BCUT2D eigenvalue weighted by molar-refractivity contribution is 6.02. The van der Waals surface area contributed by atoms with Gasteiger partial charge in [-0.1, -0.05) is 18.2 Å². The number of fused-ring (bicyclic) bond motifs is 1. The van der Waals surface area contributed by atoms with Crippen LogP contribution in [0.15, 0.2) is 24.3 Å². The molecule has 0 aliphatic carbocycles. The normalized spacial score (nSPS) is 18.9. The third kappa shape index (κ3) is 2.21. The van der Waals surface area contributed by atoms with Crippen molar-refractivity contribution in [3.05, 3.63) is 30.0 Å². The third-order valence-corrected chi connectivity index (χ3v) is 3.49. The number of nitrogens with zero attached hydrogens (tertiary/aromatic N) is 2. The van der Waals surface area contributed by atoms with Crippen LogP contribution in [0.1, 0.15) is 16.9 Å². The lowest BCUT2D eigenvalue weighted by atomic mass is 10.1. The van der Waals surface area contributed by atoms with Crippen molar-refractivity contribution in [2.75, 3.05) is 20.3 Å². The Labute approximate surface area is 111 Å². The van der Waals surface area contributed by atoms with Crippen molar-refractivity contribution in [3.63, 3.8) is 0 Å². The average molecular weight is 260 g/mol. The first-order valence-corrected chi connectivity index (χ1v) is 6.41. The molecule has 1 unspecified atom stereocenters. The maximum Gasteiger partial charge on any atom is 0.359 e. The highest BCUT2D eigenvalue weighted by Crippen LogP contribution is 2.22. The van der Waals surface area contributed by atoms with E-state index in [9.17, 15) is 4.79 Å². The molecule has 5 nitrogen and oxygen atoms in total. The lowest BCUT2D eigenvalue weighted by Crippen LogP contribution is -2.12. The molecule has 1 atom stereocenters. The number of benzene rings is 1. The smallest absolute Gasteiger partial charge is 0.359 e. The minimum absolute atomic E-state index is 0.386. The van der Waals surface area contributed by atoms with E-state index in [1.165, 1.54) is 7.11 Å². The Hall–Kier alpha value is -1.88. The zero-order valence-corrected chi connectivity index (χ0v) is 10.8. The average Bonchev–Trinajstić information content (AvgIpc) is 3.07. The van der Waals surface area contributed by atoms with Crippen molar-refractivity contribution < 1.29 is 14.3 Å². The van der Waals surface area contributed by atoms with Crippen LogP contribution in [-0.2, 0) is 16.0 Å². The molecule has 1 aromatic carbocycles. The minimum atomic E-state index is -0.391. The van der Waals surface area contributed by atoms with Gasteiger partial charge in [0.1, 0.15) is 0 Å². The van der Waals surface area contributed by atoms with E-state index in [-0.39, 0.29) is 0 Å². The second kappa shape index (κ2) is 5.01. The Morgan fingerprint density at radius 2 is 2.37 bits per heavy atom. The van der Waals surface area contributed by atoms with Gasteiger partial charge >= 0.3 is 5.97 Å². The molecule has 1 fully saturated rings. The third-order valence-electron chi connectivity index (χ3n) is 3.49. The van der Waals surface area contributed by atoms with E-state index in [1.807, 2.05) is 28.9 Å². The first kappa shape index (κ1) is 12.2. The quantitative estimate of drug-likeness (QED) is 0.790. The second-order valence-electron chi connectivity index (χ2n) is 4.77. The maximum absolute atomic E-state index is 11.8. The van der Waals surface area contributed by atoms with Gasteiger partial charge in [-0.2, -0.15) is 5.10 Å². The van der Waals surface area contributed by atoms with E-state index < -0.39 is 5.97 Å². The Bertz CT molecular complexity index is 600. The number of ether oxygens (including phenoxy) is 2. The summed E-state index contributed by atoms with van der Waals surface area (Å²) in [7, 11) is 1.38. The molecular weight excluding hydrogens is 244 g/mol. The summed E-state index contributed by atoms with van der Waals surface area (Å²) >= 11 is 0. The summed E-state index contributed by atoms with van der Waals surface area (Å²) in [5.74, 6) is 0.0754. The maximum atomic E-state index is 11.8. The van der Waals surface area contributed by atoms with Crippen molar-refractivity contribution in [1.82, 2.24) is 9.78 Å². The predicted octanol–water partition coefficient (Wildman–Crippen LogP) is 1.86. The molecular formula is C14H16N2O3. The second-order valence-corrected chi connectivity index (χ2v) is 4.77. The van der Waals surface area contributed by atoms with Crippen LogP contribution >= 0.6 is 0 Å². The number of hydrogen-bond donors (Lipinski definition) is 0. The molecule has 5 heteroatoms. The summed E-state index contributed by atoms with van der Waals surface area (Å²) in [6, 6.07) is 7.73. The molecule has 1 aromatic heterocycles. The van der Waals surface area contributed by atoms with Crippen molar-refractivity contribution >= 4 is 16.9 Å². The summed E-state index contributed by atoms with van der Waals surface area (Å²) in [5, 5.41) is 5.25. The van der Waals surface area contributed by atoms with Gasteiger partial charge in [0.25, 0.3) is 0 Å². The highest BCUT2D eigenvalue weighted by Gasteiger charge is 2.21. The van der Waals surface area contributed by atoms with Gasteiger partial charge in [-0.25, -0.2) is 4.79 Å². The zero-order valence-electron chi connectivity index (χ0n) is 10.8. The molecule has 0 spiro atoms. The van der Waals surface area contributed by atoms with Crippen LogP contribution in [0.3, 0.4) is 0 Å². The minimum Gasteiger partial charge on any atom is -0.464 e. The fraction of sp³-hybridized carbons (Fsp3) is 0.429. The molecule has 0 radical (unpaired) electrons. The van der Waals surface area contributed by atoms with Crippen LogP contribution in [0.2, 0.25) is 0 Å². The monoisotopic (exact) mass is 260 g/mol. The van der Waals surface area contributed by atoms with Gasteiger partial charge in [-0.05, 0) is 12.5 Å². The van der Waals surface area contributed by atoms with Gasteiger partial charge in [0, 0.05) is 24.5 Å². The van der Waals surface area contributed by atoms with Gasteiger partial charge in [-0.15, -0.1) is 0 Å². The van der Waals surface area contributed by atoms with Gasteiger partial charge in [0.15, 0.2) is 5.69 Å². The van der Waals surface area contributed by atoms with Gasteiger partial charge in [-0.3, -0.25) is 4.68 Å². The van der Waals surface area contributed by atoms with E-state index >= 15 is 0 Å². The Morgan fingerprint density at radius 3 is 3.11 bits per heavy atom. The van der Waals surface area contributed by atoms with Crippen molar-refractivity contribution in [2.45, 2.75) is 13.0 Å². The number of hydrogen-bond acceptors (Lipinski definition) is 4.